The van der Waals surface area contributed by atoms with Gasteiger partial charge in [0, 0.05) is 20.5 Å². The number of hydrogen-bond acceptors (Lipinski definition) is 2. The van der Waals surface area contributed by atoms with E-state index in [1.165, 1.54) is 0 Å². The third-order valence-electron chi connectivity index (χ3n) is 5.10. The van der Waals surface area contributed by atoms with Crippen LogP contribution in [0.25, 0.3) is 16.2 Å². The Labute approximate surface area is 130 Å². The number of benzene rings is 1. The van der Waals surface area contributed by atoms with E-state index in [2.05, 4.69) is 39.8 Å². The van der Waals surface area contributed by atoms with Crippen LogP contribution in [0.5, 0.6) is 0 Å². The maximum Gasteiger partial charge on any atom is 0.191 e. The van der Waals surface area contributed by atoms with Crippen molar-refractivity contribution >= 4 is 27.5 Å². The van der Waals surface area contributed by atoms with Gasteiger partial charge >= 0.3 is 0 Å². The molecule has 1 nitrogen and oxygen atoms in total. The van der Waals surface area contributed by atoms with Crippen LogP contribution in [0.4, 0.5) is 0 Å². The summed E-state index contributed by atoms with van der Waals surface area (Å²) in [4.78, 5) is 14.0. The molecule has 0 fully saturated rings. The van der Waals surface area contributed by atoms with Crippen LogP contribution in [-0.2, 0) is 6.42 Å². The van der Waals surface area contributed by atoms with E-state index in [-0.39, 0.29) is 10.8 Å². The Morgan fingerprint density at radius 1 is 1.10 bits per heavy atom. The lowest BCUT2D eigenvalue weighted by molar-refractivity contribution is 0.177. The maximum atomic E-state index is 12.9. The Balaban J connectivity index is 2.24. The lowest BCUT2D eigenvalue weighted by Gasteiger charge is -2.41. The molecule has 1 aromatic carbocycles. The zero-order chi connectivity index (χ0) is 15.2. The Morgan fingerprint density at radius 3 is 2.43 bits per heavy atom. The Hall–Kier alpha value is -1.41. The van der Waals surface area contributed by atoms with Gasteiger partial charge in [0.25, 0.3) is 0 Å². The first-order valence-corrected chi connectivity index (χ1v) is 8.51. The van der Waals surface area contributed by atoms with Gasteiger partial charge in [-0.25, -0.2) is 0 Å². The summed E-state index contributed by atoms with van der Waals surface area (Å²) in [6.45, 7) is 9.07. The monoisotopic (exact) mass is 298 g/mol. The van der Waals surface area contributed by atoms with Crippen molar-refractivity contribution in [2.75, 3.05) is 0 Å². The molecular weight excluding hydrogens is 276 g/mol. The van der Waals surface area contributed by atoms with Gasteiger partial charge in [-0.15, -0.1) is 11.3 Å². The molecule has 21 heavy (non-hydrogen) atoms. The molecule has 1 aliphatic rings. The molecule has 2 heteroatoms. The Bertz CT molecular complexity index is 757. The predicted molar refractivity (Wildman–Crippen MR) is 92.9 cm³/mol. The summed E-state index contributed by atoms with van der Waals surface area (Å²) in [7, 11) is 0. The van der Waals surface area contributed by atoms with Crippen LogP contribution in [-0.4, -0.2) is 0 Å². The van der Waals surface area contributed by atoms with Gasteiger partial charge in [0.15, 0.2) is 5.43 Å². The van der Waals surface area contributed by atoms with Crippen LogP contribution in [0.3, 0.4) is 0 Å². The molecule has 0 aliphatic heterocycles. The molecule has 0 N–H and O–H groups in total. The number of allylic oxidation sites excluding steroid dienone is 1. The zero-order valence-electron chi connectivity index (χ0n) is 13.1. The quantitative estimate of drug-likeness (QED) is 0.751. The molecule has 0 bridgehead atoms. The Morgan fingerprint density at radius 2 is 1.76 bits per heavy atom. The minimum absolute atomic E-state index is 0.0985. The molecule has 0 unspecified atom stereocenters. The van der Waals surface area contributed by atoms with Crippen molar-refractivity contribution in [2.45, 2.75) is 34.1 Å². The van der Waals surface area contributed by atoms with Gasteiger partial charge in [-0.3, -0.25) is 4.79 Å². The average molecular weight is 298 g/mol. The summed E-state index contributed by atoms with van der Waals surface area (Å²) < 4.78 is 1.09. The molecular formula is C19H22OS. The molecule has 1 heterocycles. The highest BCUT2D eigenvalue weighted by Crippen LogP contribution is 2.45. The van der Waals surface area contributed by atoms with Crippen molar-refractivity contribution in [1.29, 1.82) is 0 Å². The van der Waals surface area contributed by atoms with Crippen molar-refractivity contribution in [2.24, 2.45) is 17.3 Å². The first kappa shape index (κ1) is 14.5. The summed E-state index contributed by atoms with van der Waals surface area (Å²) in [5.41, 5.74) is 1.35. The van der Waals surface area contributed by atoms with Crippen LogP contribution < -0.4 is 5.43 Å². The summed E-state index contributed by atoms with van der Waals surface area (Å²) in [6.07, 6.45) is 5.42. The van der Waals surface area contributed by atoms with Gasteiger partial charge in [0.2, 0.25) is 0 Å². The smallest absolute Gasteiger partial charge is 0.191 e. The molecule has 0 atom stereocenters. The van der Waals surface area contributed by atoms with E-state index in [0.29, 0.717) is 11.8 Å². The van der Waals surface area contributed by atoms with Gasteiger partial charge in [0.05, 0.1) is 0 Å². The topological polar surface area (TPSA) is 17.1 Å². The minimum Gasteiger partial charge on any atom is -0.289 e. The van der Waals surface area contributed by atoms with E-state index in [1.807, 2.05) is 24.3 Å². The van der Waals surface area contributed by atoms with Gasteiger partial charge in [-0.05, 0) is 41.9 Å². The molecule has 3 rings (SSSR count). The molecule has 110 valence electrons. The largest absolute Gasteiger partial charge is 0.289 e. The van der Waals surface area contributed by atoms with Gasteiger partial charge in [-0.1, -0.05) is 45.9 Å². The number of hydrogen-bond donors (Lipinski definition) is 0. The SMILES string of the molecule is CC(C)C1(C(C)C)C=Cc2sc3ccccc3c(=O)c2C1. The van der Waals surface area contributed by atoms with Crippen LogP contribution in [0.15, 0.2) is 35.1 Å². The van der Waals surface area contributed by atoms with Gasteiger partial charge in [-0.2, -0.15) is 0 Å². The fraction of sp³-hybridized carbons (Fsp3) is 0.421. The van der Waals surface area contributed by atoms with Gasteiger partial charge in [0.1, 0.15) is 0 Å². The van der Waals surface area contributed by atoms with E-state index in [9.17, 15) is 4.79 Å². The fourth-order valence-electron chi connectivity index (χ4n) is 3.56. The molecule has 1 aromatic heterocycles. The molecule has 0 saturated heterocycles. The van der Waals surface area contributed by atoms with E-state index in [1.54, 1.807) is 11.3 Å². The number of fused-ring (bicyclic) bond motifs is 2. The highest BCUT2D eigenvalue weighted by molar-refractivity contribution is 7.19. The summed E-state index contributed by atoms with van der Waals surface area (Å²) in [5.74, 6) is 1.05. The van der Waals surface area contributed by atoms with Crippen molar-refractivity contribution in [3.63, 3.8) is 0 Å². The summed E-state index contributed by atoms with van der Waals surface area (Å²) in [6, 6.07) is 7.96. The van der Waals surface area contributed by atoms with Crippen molar-refractivity contribution in [3.8, 4) is 0 Å². The normalized spacial score (nSPS) is 16.7. The van der Waals surface area contributed by atoms with Crippen molar-refractivity contribution in [3.05, 3.63) is 51.0 Å². The standard InChI is InChI=1S/C19H22OS/c1-12(2)19(13(3)4)10-9-17-15(11-19)18(20)14-7-5-6-8-16(14)21-17/h5-10,12-13H,11H2,1-4H3. The third kappa shape index (κ3) is 2.17. The predicted octanol–water partition coefficient (Wildman–Crippen LogP) is 5.13. The second-order valence-electron chi connectivity index (χ2n) is 6.70. The highest BCUT2D eigenvalue weighted by atomic mass is 32.1. The summed E-state index contributed by atoms with van der Waals surface area (Å²) in [5, 5.41) is 0.873. The molecule has 0 spiro atoms. The second-order valence-corrected chi connectivity index (χ2v) is 7.79. The maximum absolute atomic E-state index is 12.9. The van der Waals surface area contributed by atoms with E-state index >= 15 is 0 Å². The summed E-state index contributed by atoms with van der Waals surface area (Å²) >= 11 is 1.74. The fourth-order valence-corrected chi connectivity index (χ4v) is 4.63. The third-order valence-corrected chi connectivity index (χ3v) is 6.28. The molecule has 0 saturated carbocycles. The van der Waals surface area contributed by atoms with Crippen LogP contribution in [0.1, 0.15) is 38.1 Å². The number of rotatable bonds is 2. The highest BCUT2D eigenvalue weighted by Gasteiger charge is 2.38. The van der Waals surface area contributed by atoms with E-state index in [0.717, 1.165) is 26.9 Å². The van der Waals surface area contributed by atoms with E-state index < -0.39 is 0 Å². The second kappa shape index (κ2) is 5.10. The Kier molecular flexibility index (Phi) is 3.53. The van der Waals surface area contributed by atoms with Crippen molar-refractivity contribution < 1.29 is 0 Å². The van der Waals surface area contributed by atoms with Crippen LogP contribution >= 0.6 is 11.3 Å². The van der Waals surface area contributed by atoms with Crippen molar-refractivity contribution in [1.82, 2.24) is 0 Å². The van der Waals surface area contributed by atoms with Crippen LogP contribution in [0.2, 0.25) is 0 Å². The lowest BCUT2D eigenvalue weighted by atomic mass is 9.63. The zero-order valence-corrected chi connectivity index (χ0v) is 14.0. The lowest BCUT2D eigenvalue weighted by Crippen LogP contribution is -2.37. The first-order chi connectivity index (χ1) is 9.95. The molecule has 0 amide bonds. The van der Waals surface area contributed by atoms with Gasteiger partial charge < -0.3 is 0 Å². The molecule has 2 aromatic rings. The minimum atomic E-state index is 0.0985. The molecule has 1 aliphatic carbocycles. The first-order valence-electron chi connectivity index (χ1n) is 7.69. The van der Waals surface area contributed by atoms with Crippen LogP contribution in [0, 0.1) is 17.3 Å². The average Bonchev–Trinajstić information content (AvgIpc) is 2.47. The van der Waals surface area contributed by atoms with E-state index in [4.69, 9.17) is 0 Å². The molecule has 0 radical (unpaired) electrons.